The van der Waals surface area contributed by atoms with E-state index in [-0.39, 0.29) is 24.5 Å². The average Bonchev–Trinajstić information content (AvgIpc) is 2.65. The zero-order chi connectivity index (χ0) is 21.4. The number of likely N-dealkylation sites (tertiary alicyclic amines) is 1. The summed E-state index contributed by atoms with van der Waals surface area (Å²) < 4.78 is 10.9. The van der Waals surface area contributed by atoms with Crippen LogP contribution in [-0.2, 0) is 14.3 Å². The number of alkyl carbamates (subject to hydrolysis) is 1. The Morgan fingerprint density at radius 2 is 1.93 bits per heavy atom. The third-order valence-corrected chi connectivity index (χ3v) is 4.99. The number of carbonyl (C=O) groups excluding carboxylic acids is 2. The van der Waals surface area contributed by atoms with Crippen molar-refractivity contribution >= 4 is 12.0 Å². The van der Waals surface area contributed by atoms with Crippen molar-refractivity contribution in [2.75, 3.05) is 26.4 Å². The molecule has 1 fully saturated rings. The number of nitrogens with zero attached hydrogens (tertiary/aromatic N) is 1. The predicted molar refractivity (Wildman–Crippen MR) is 111 cm³/mol. The van der Waals surface area contributed by atoms with E-state index in [4.69, 9.17) is 14.6 Å². The Morgan fingerprint density at radius 1 is 1.24 bits per heavy atom. The molecule has 7 heteroatoms. The Hall–Kier alpha value is -2.12. The Morgan fingerprint density at radius 3 is 2.55 bits per heavy atom. The van der Waals surface area contributed by atoms with Gasteiger partial charge in [-0.25, -0.2) is 4.79 Å². The van der Waals surface area contributed by atoms with Gasteiger partial charge >= 0.3 is 6.09 Å². The third-order valence-electron chi connectivity index (χ3n) is 4.99. The summed E-state index contributed by atoms with van der Waals surface area (Å²) in [5.74, 6) is -0.0347. The van der Waals surface area contributed by atoms with Crippen molar-refractivity contribution in [3.8, 4) is 0 Å². The van der Waals surface area contributed by atoms with Crippen molar-refractivity contribution in [2.24, 2.45) is 0 Å². The molecule has 0 radical (unpaired) electrons. The summed E-state index contributed by atoms with van der Waals surface area (Å²) in [5.41, 5.74) is 0.503. The summed E-state index contributed by atoms with van der Waals surface area (Å²) in [6.07, 6.45) is 0.501. The highest BCUT2D eigenvalue weighted by molar-refractivity contribution is 5.87. The molecule has 1 aliphatic rings. The summed E-state index contributed by atoms with van der Waals surface area (Å²) >= 11 is 0. The highest BCUT2D eigenvalue weighted by Crippen LogP contribution is 2.33. The van der Waals surface area contributed by atoms with Crippen molar-refractivity contribution in [1.29, 1.82) is 0 Å². The number of aliphatic hydroxyl groups is 1. The molecule has 0 aliphatic carbocycles. The van der Waals surface area contributed by atoms with E-state index in [2.05, 4.69) is 17.4 Å². The van der Waals surface area contributed by atoms with Crippen LogP contribution in [0.2, 0.25) is 0 Å². The van der Waals surface area contributed by atoms with Gasteiger partial charge in [-0.1, -0.05) is 30.3 Å². The van der Waals surface area contributed by atoms with Crippen LogP contribution < -0.4 is 5.32 Å². The Labute approximate surface area is 173 Å². The van der Waals surface area contributed by atoms with Gasteiger partial charge in [0.1, 0.15) is 11.6 Å². The molecular formula is C22H34N2O5. The van der Waals surface area contributed by atoms with Gasteiger partial charge in [-0.05, 0) is 46.1 Å². The topological polar surface area (TPSA) is 88.1 Å². The highest BCUT2D eigenvalue weighted by atomic mass is 16.6. The van der Waals surface area contributed by atoms with E-state index in [1.54, 1.807) is 25.7 Å². The van der Waals surface area contributed by atoms with E-state index in [0.29, 0.717) is 32.6 Å². The minimum Gasteiger partial charge on any atom is -0.444 e. The molecule has 3 unspecified atom stereocenters. The number of piperidine rings is 1. The number of hydrogen-bond acceptors (Lipinski definition) is 5. The maximum absolute atomic E-state index is 13.1. The minimum atomic E-state index is -0.649. The molecule has 0 aromatic heterocycles. The van der Waals surface area contributed by atoms with Crippen LogP contribution in [0.15, 0.2) is 30.3 Å². The van der Waals surface area contributed by atoms with Gasteiger partial charge in [0, 0.05) is 31.7 Å². The highest BCUT2D eigenvalue weighted by Gasteiger charge is 2.41. The summed E-state index contributed by atoms with van der Waals surface area (Å²) in [5, 5.41) is 11.6. The van der Waals surface area contributed by atoms with Gasteiger partial charge in [-0.3, -0.25) is 4.79 Å². The van der Waals surface area contributed by atoms with Crippen molar-refractivity contribution in [3.63, 3.8) is 0 Å². The van der Waals surface area contributed by atoms with Gasteiger partial charge in [0.2, 0.25) is 5.91 Å². The molecule has 7 nitrogen and oxygen atoms in total. The second kappa shape index (κ2) is 10.6. The summed E-state index contributed by atoms with van der Waals surface area (Å²) in [6, 6.07) is 9.36. The van der Waals surface area contributed by atoms with Crippen molar-refractivity contribution in [3.05, 3.63) is 35.9 Å². The maximum atomic E-state index is 13.1. The first-order valence-corrected chi connectivity index (χ1v) is 10.3. The summed E-state index contributed by atoms with van der Waals surface area (Å²) in [7, 11) is 0. The first-order chi connectivity index (χ1) is 13.7. The molecule has 1 saturated heterocycles. The molecule has 162 valence electrons. The summed E-state index contributed by atoms with van der Waals surface area (Å²) in [4.78, 5) is 27.2. The third kappa shape index (κ3) is 7.01. The molecule has 0 bridgehead atoms. The van der Waals surface area contributed by atoms with Crippen LogP contribution >= 0.6 is 0 Å². The first-order valence-electron chi connectivity index (χ1n) is 10.3. The lowest BCUT2D eigenvalue weighted by Gasteiger charge is -2.43. The smallest absolute Gasteiger partial charge is 0.408 e. The van der Waals surface area contributed by atoms with E-state index in [1.165, 1.54) is 0 Å². The largest absolute Gasteiger partial charge is 0.444 e. The Balaban J connectivity index is 2.13. The van der Waals surface area contributed by atoms with Gasteiger partial charge in [0.05, 0.1) is 6.61 Å². The fraction of sp³-hybridized carbons (Fsp3) is 0.636. The zero-order valence-corrected chi connectivity index (χ0v) is 17.9. The summed E-state index contributed by atoms with van der Waals surface area (Å²) in [6.45, 7) is 8.76. The lowest BCUT2D eigenvalue weighted by molar-refractivity contribution is -0.140. The van der Waals surface area contributed by atoms with E-state index in [9.17, 15) is 9.59 Å². The number of ether oxygens (including phenoxy) is 2. The van der Waals surface area contributed by atoms with Crippen LogP contribution in [0.1, 0.15) is 52.0 Å². The number of hydrogen-bond donors (Lipinski definition) is 2. The van der Waals surface area contributed by atoms with Crippen LogP contribution in [0.4, 0.5) is 4.79 Å². The SMILES string of the molecule is CC1C(c2ccccc2)CC(NC(=O)OC(C)(C)C)C(=O)N1CCOCCCO. The fourth-order valence-electron chi connectivity index (χ4n) is 3.60. The predicted octanol–water partition coefficient (Wildman–Crippen LogP) is 2.68. The fourth-order valence-corrected chi connectivity index (χ4v) is 3.60. The quantitative estimate of drug-likeness (QED) is 0.648. The second-order valence-corrected chi connectivity index (χ2v) is 8.41. The lowest BCUT2D eigenvalue weighted by atomic mass is 9.82. The van der Waals surface area contributed by atoms with Crippen LogP contribution in [0.5, 0.6) is 0 Å². The van der Waals surface area contributed by atoms with Gasteiger partial charge in [0.25, 0.3) is 0 Å². The number of nitrogens with one attached hydrogen (secondary N) is 1. The van der Waals surface area contributed by atoms with Crippen LogP contribution in [-0.4, -0.2) is 66.1 Å². The minimum absolute atomic E-state index is 0.0250. The number of aliphatic hydroxyl groups excluding tert-OH is 1. The Kier molecular flexibility index (Phi) is 8.46. The van der Waals surface area contributed by atoms with Gasteiger partial charge in [0.15, 0.2) is 0 Å². The number of rotatable bonds is 8. The molecule has 29 heavy (non-hydrogen) atoms. The monoisotopic (exact) mass is 406 g/mol. The molecule has 0 saturated carbocycles. The second-order valence-electron chi connectivity index (χ2n) is 8.41. The average molecular weight is 407 g/mol. The maximum Gasteiger partial charge on any atom is 0.408 e. The van der Waals surface area contributed by atoms with Gasteiger partial charge in [-0.15, -0.1) is 0 Å². The van der Waals surface area contributed by atoms with Crippen LogP contribution in [0.3, 0.4) is 0 Å². The molecule has 2 amide bonds. The van der Waals surface area contributed by atoms with Gasteiger partial charge < -0.3 is 24.8 Å². The molecule has 0 spiro atoms. The molecule has 1 aliphatic heterocycles. The van der Waals surface area contributed by atoms with E-state index < -0.39 is 17.7 Å². The molecule has 2 N–H and O–H groups in total. The lowest BCUT2D eigenvalue weighted by Crippen LogP contribution is -2.59. The molecule has 1 heterocycles. The molecule has 1 aromatic carbocycles. The standard InChI is InChI=1S/C22H34N2O5/c1-16-18(17-9-6-5-7-10-17)15-19(23-21(27)29-22(2,3)4)20(26)24(16)11-14-28-13-8-12-25/h5-7,9-10,16,18-19,25H,8,11-15H2,1-4H3,(H,23,27). The first kappa shape index (κ1) is 23.2. The normalized spacial score (nSPS) is 22.4. The molecule has 2 rings (SSSR count). The number of benzene rings is 1. The molecule has 1 aromatic rings. The zero-order valence-electron chi connectivity index (χ0n) is 17.9. The van der Waals surface area contributed by atoms with Crippen molar-refractivity contribution in [2.45, 2.75) is 64.1 Å². The number of carbonyl (C=O) groups is 2. The van der Waals surface area contributed by atoms with Crippen molar-refractivity contribution < 1.29 is 24.2 Å². The Bertz CT molecular complexity index is 659. The van der Waals surface area contributed by atoms with E-state index in [1.807, 2.05) is 25.1 Å². The molecular weight excluding hydrogens is 372 g/mol. The van der Waals surface area contributed by atoms with E-state index in [0.717, 1.165) is 5.56 Å². The van der Waals surface area contributed by atoms with Crippen LogP contribution in [0, 0.1) is 0 Å². The van der Waals surface area contributed by atoms with Gasteiger partial charge in [-0.2, -0.15) is 0 Å². The van der Waals surface area contributed by atoms with E-state index >= 15 is 0 Å². The molecule has 3 atom stereocenters. The van der Waals surface area contributed by atoms with Crippen LogP contribution in [0.25, 0.3) is 0 Å². The van der Waals surface area contributed by atoms with Crippen molar-refractivity contribution in [1.82, 2.24) is 10.2 Å². The number of amides is 2.